The number of pyridine rings is 1. The Balaban J connectivity index is 2.63. The highest BCUT2D eigenvalue weighted by molar-refractivity contribution is 5.70. The first-order chi connectivity index (χ1) is 6.68. The van der Waals surface area contributed by atoms with Gasteiger partial charge in [-0.2, -0.15) is 0 Å². The van der Waals surface area contributed by atoms with Gasteiger partial charge in [-0.05, 0) is 6.07 Å². The molecule has 0 aliphatic heterocycles. The Hall–Kier alpha value is -2.04. The third kappa shape index (κ3) is 1.28. The largest absolute Gasteiger partial charge is 0.441 e. The average Bonchev–Trinajstić information content (AvgIpc) is 2.57. The fourth-order valence-corrected chi connectivity index (χ4v) is 1.19. The van der Waals surface area contributed by atoms with Crippen molar-refractivity contribution < 1.29 is 4.42 Å². The third-order valence-electron chi connectivity index (χ3n) is 1.89. The van der Waals surface area contributed by atoms with Gasteiger partial charge in [-0.15, -0.1) is 0 Å². The molecule has 0 bridgehead atoms. The predicted octanol–water partition coefficient (Wildman–Crippen LogP) is 0.921. The standard InChI is InChI=1S/C9H9N3O2/c1-5-12-4-7(14-5)6-2-3-11-9(13)8(6)10/h2-4H,10H2,1H3,(H,11,13). The zero-order valence-electron chi connectivity index (χ0n) is 7.57. The minimum Gasteiger partial charge on any atom is -0.441 e. The van der Waals surface area contributed by atoms with Gasteiger partial charge in [-0.1, -0.05) is 0 Å². The summed E-state index contributed by atoms with van der Waals surface area (Å²) in [6, 6.07) is 1.68. The molecule has 0 fully saturated rings. The molecule has 2 rings (SSSR count). The van der Waals surface area contributed by atoms with Gasteiger partial charge in [-0.25, -0.2) is 4.98 Å². The second-order valence-electron chi connectivity index (χ2n) is 2.88. The fraction of sp³-hybridized carbons (Fsp3) is 0.111. The molecule has 0 saturated carbocycles. The van der Waals surface area contributed by atoms with Crippen LogP contribution in [0.5, 0.6) is 0 Å². The van der Waals surface area contributed by atoms with E-state index in [-0.39, 0.29) is 11.2 Å². The van der Waals surface area contributed by atoms with Crippen molar-refractivity contribution >= 4 is 5.69 Å². The third-order valence-corrected chi connectivity index (χ3v) is 1.89. The molecule has 0 radical (unpaired) electrons. The van der Waals surface area contributed by atoms with Crippen molar-refractivity contribution in [3.05, 3.63) is 34.7 Å². The van der Waals surface area contributed by atoms with Crippen LogP contribution in [0.4, 0.5) is 5.69 Å². The Morgan fingerprint density at radius 3 is 3.00 bits per heavy atom. The Kier molecular flexibility index (Phi) is 1.85. The Morgan fingerprint density at radius 1 is 1.57 bits per heavy atom. The zero-order valence-corrected chi connectivity index (χ0v) is 7.57. The van der Waals surface area contributed by atoms with Crippen LogP contribution in [-0.4, -0.2) is 9.97 Å². The van der Waals surface area contributed by atoms with E-state index in [2.05, 4.69) is 9.97 Å². The molecular formula is C9H9N3O2. The minimum atomic E-state index is -0.323. The van der Waals surface area contributed by atoms with Crippen molar-refractivity contribution in [2.45, 2.75) is 6.92 Å². The molecule has 0 aromatic carbocycles. The van der Waals surface area contributed by atoms with E-state index < -0.39 is 0 Å². The highest BCUT2D eigenvalue weighted by atomic mass is 16.4. The molecule has 5 heteroatoms. The molecule has 2 heterocycles. The number of rotatable bonds is 1. The molecule has 5 nitrogen and oxygen atoms in total. The van der Waals surface area contributed by atoms with Gasteiger partial charge in [0.1, 0.15) is 5.69 Å². The molecule has 0 saturated heterocycles. The van der Waals surface area contributed by atoms with Crippen molar-refractivity contribution in [2.24, 2.45) is 0 Å². The number of aryl methyl sites for hydroxylation is 1. The van der Waals surface area contributed by atoms with Crippen molar-refractivity contribution in [1.29, 1.82) is 0 Å². The van der Waals surface area contributed by atoms with E-state index in [1.165, 1.54) is 6.20 Å². The normalized spacial score (nSPS) is 10.4. The zero-order chi connectivity index (χ0) is 10.1. The van der Waals surface area contributed by atoms with Crippen LogP contribution in [0.3, 0.4) is 0 Å². The Labute approximate surface area is 79.6 Å². The lowest BCUT2D eigenvalue weighted by molar-refractivity contribution is 0.534. The lowest BCUT2D eigenvalue weighted by Crippen LogP contribution is -2.11. The summed E-state index contributed by atoms with van der Waals surface area (Å²) < 4.78 is 5.26. The number of aromatic nitrogens is 2. The van der Waals surface area contributed by atoms with E-state index in [0.717, 1.165) is 0 Å². The van der Waals surface area contributed by atoms with E-state index in [1.807, 2.05) is 0 Å². The van der Waals surface area contributed by atoms with E-state index in [4.69, 9.17) is 10.2 Å². The number of nitrogens with two attached hydrogens (primary N) is 1. The highest BCUT2D eigenvalue weighted by Gasteiger charge is 2.09. The van der Waals surface area contributed by atoms with E-state index in [1.54, 1.807) is 19.2 Å². The van der Waals surface area contributed by atoms with Crippen molar-refractivity contribution in [2.75, 3.05) is 5.73 Å². The lowest BCUT2D eigenvalue weighted by atomic mass is 10.2. The van der Waals surface area contributed by atoms with Gasteiger partial charge in [0.25, 0.3) is 5.56 Å². The van der Waals surface area contributed by atoms with Gasteiger partial charge in [0.2, 0.25) is 0 Å². The predicted molar refractivity (Wildman–Crippen MR) is 51.7 cm³/mol. The summed E-state index contributed by atoms with van der Waals surface area (Å²) in [6.07, 6.45) is 3.06. The number of hydrogen-bond donors (Lipinski definition) is 2. The lowest BCUT2D eigenvalue weighted by Gasteiger charge is -1.98. The Morgan fingerprint density at radius 2 is 2.36 bits per heavy atom. The number of aromatic amines is 1. The van der Waals surface area contributed by atoms with Crippen LogP contribution in [0.15, 0.2) is 27.7 Å². The van der Waals surface area contributed by atoms with Crippen LogP contribution in [0.25, 0.3) is 11.3 Å². The molecule has 0 aliphatic carbocycles. The monoisotopic (exact) mass is 191 g/mol. The molecule has 0 atom stereocenters. The van der Waals surface area contributed by atoms with E-state index in [9.17, 15) is 4.79 Å². The first-order valence-corrected chi connectivity index (χ1v) is 4.08. The van der Waals surface area contributed by atoms with Crippen LogP contribution in [0.1, 0.15) is 5.89 Å². The van der Waals surface area contributed by atoms with Crippen molar-refractivity contribution in [3.63, 3.8) is 0 Å². The maximum atomic E-state index is 11.2. The van der Waals surface area contributed by atoms with Crippen LogP contribution in [0.2, 0.25) is 0 Å². The maximum Gasteiger partial charge on any atom is 0.271 e. The van der Waals surface area contributed by atoms with Crippen LogP contribution < -0.4 is 11.3 Å². The van der Waals surface area contributed by atoms with Gasteiger partial charge in [0.05, 0.1) is 6.20 Å². The quantitative estimate of drug-likeness (QED) is 0.701. The number of hydrogen-bond acceptors (Lipinski definition) is 4. The summed E-state index contributed by atoms with van der Waals surface area (Å²) in [4.78, 5) is 17.6. The van der Waals surface area contributed by atoms with E-state index in [0.29, 0.717) is 17.2 Å². The molecule has 72 valence electrons. The fourth-order valence-electron chi connectivity index (χ4n) is 1.19. The van der Waals surface area contributed by atoms with Gasteiger partial charge in [0.15, 0.2) is 11.7 Å². The molecular weight excluding hydrogens is 182 g/mol. The summed E-state index contributed by atoms with van der Waals surface area (Å²) in [5.41, 5.74) is 5.98. The molecule has 3 N–H and O–H groups in total. The molecule has 0 amide bonds. The number of oxazole rings is 1. The molecule has 2 aromatic rings. The van der Waals surface area contributed by atoms with Gasteiger partial charge < -0.3 is 15.1 Å². The first-order valence-electron chi connectivity index (χ1n) is 4.08. The SMILES string of the molecule is Cc1ncc(-c2cc[nH]c(=O)c2N)o1. The Bertz CT molecular complexity index is 513. The average molecular weight is 191 g/mol. The summed E-state index contributed by atoms with van der Waals surface area (Å²) in [5, 5.41) is 0. The topological polar surface area (TPSA) is 84.9 Å². The summed E-state index contributed by atoms with van der Waals surface area (Å²) in [5.74, 6) is 1.05. The van der Waals surface area contributed by atoms with Crippen LogP contribution >= 0.6 is 0 Å². The molecule has 0 spiro atoms. The second kappa shape index (κ2) is 3.02. The van der Waals surface area contributed by atoms with Crippen molar-refractivity contribution in [1.82, 2.24) is 9.97 Å². The highest BCUT2D eigenvalue weighted by Crippen LogP contribution is 2.22. The second-order valence-corrected chi connectivity index (χ2v) is 2.88. The number of nitrogen functional groups attached to an aromatic ring is 1. The number of anilines is 1. The molecule has 0 unspecified atom stereocenters. The van der Waals surface area contributed by atoms with Gasteiger partial charge in [0, 0.05) is 18.7 Å². The smallest absolute Gasteiger partial charge is 0.271 e. The number of H-pyrrole nitrogens is 1. The summed E-state index contributed by atoms with van der Waals surface area (Å²) in [7, 11) is 0. The summed E-state index contributed by atoms with van der Waals surface area (Å²) >= 11 is 0. The molecule has 2 aromatic heterocycles. The molecule has 14 heavy (non-hydrogen) atoms. The molecule has 0 aliphatic rings. The van der Waals surface area contributed by atoms with Crippen LogP contribution in [-0.2, 0) is 0 Å². The van der Waals surface area contributed by atoms with E-state index >= 15 is 0 Å². The van der Waals surface area contributed by atoms with Gasteiger partial charge in [-0.3, -0.25) is 4.79 Å². The maximum absolute atomic E-state index is 11.2. The summed E-state index contributed by atoms with van der Waals surface area (Å²) in [6.45, 7) is 1.73. The number of nitrogens with zero attached hydrogens (tertiary/aromatic N) is 1. The van der Waals surface area contributed by atoms with Crippen molar-refractivity contribution in [3.8, 4) is 11.3 Å². The van der Waals surface area contributed by atoms with Crippen LogP contribution in [0, 0.1) is 6.92 Å². The minimum absolute atomic E-state index is 0.142. The van der Waals surface area contributed by atoms with Gasteiger partial charge >= 0.3 is 0 Å². The number of nitrogens with one attached hydrogen (secondary N) is 1. The first kappa shape index (κ1) is 8.55.